The van der Waals surface area contributed by atoms with Crippen molar-refractivity contribution in [2.24, 2.45) is 11.3 Å². The minimum Gasteiger partial charge on any atom is -0.496 e. The fourth-order valence-electron chi connectivity index (χ4n) is 14.1. The van der Waals surface area contributed by atoms with Gasteiger partial charge in [0.05, 0.1) is 33.2 Å². The summed E-state index contributed by atoms with van der Waals surface area (Å²) in [6.45, 7) is 9.58. The van der Waals surface area contributed by atoms with Crippen molar-refractivity contribution in [2.75, 3.05) is 65.4 Å². The van der Waals surface area contributed by atoms with Crippen molar-refractivity contribution in [3.8, 4) is 5.75 Å². The van der Waals surface area contributed by atoms with Gasteiger partial charge in [-0.15, -0.1) is 0 Å². The number of likely N-dealkylation sites (N-methyl/N-ethyl adjacent to an activating group) is 1. The molecule has 2 bridgehead atoms. The maximum Gasteiger partial charge on any atom is 0.322 e. The number of rotatable bonds is 10. The molecular formula is C53H63N5O7. The summed E-state index contributed by atoms with van der Waals surface area (Å²) in [5.74, 6) is -0.515. The van der Waals surface area contributed by atoms with Gasteiger partial charge in [0.15, 0.2) is 0 Å². The van der Waals surface area contributed by atoms with Gasteiger partial charge in [-0.25, -0.2) is 0 Å². The van der Waals surface area contributed by atoms with E-state index in [1.54, 1.807) is 7.11 Å². The molecule has 10 rings (SSSR count). The van der Waals surface area contributed by atoms with Crippen molar-refractivity contribution >= 4 is 34.4 Å². The lowest BCUT2D eigenvalue weighted by atomic mass is 9.47. The lowest BCUT2D eigenvalue weighted by molar-refractivity contribution is -0.217. The first-order valence-corrected chi connectivity index (χ1v) is 23.6. The van der Waals surface area contributed by atoms with Crippen molar-refractivity contribution < 1.29 is 33.7 Å². The summed E-state index contributed by atoms with van der Waals surface area (Å²) in [7, 11) is 5.15. The van der Waals surface area contributed by atoms with Crippen LogP contribution < -0.4 is 15.0 Å². The summed E-state index contributed by atoms with van der Waals surface area (Å²) in [5.41, 5.74) is 3.02. The lowest BCUT2D eigenvalue weighted by Crippen LogP contribution is -2.81. The number of anilines is 1. The van der Waals surface area contributed by atoms with Crippen molar-refractivity contribution in [3.05, 3.63) is 118 Å². The van der Waals surface area contributed by atoms with Gasteiger partial charge in [-0.05, 0) is 73.4 Å². The van der Waals surface area contributed by atoms with Crippen LogP contribution in [0.4, 0.5) is 5.69 Å². The molecule has 6 heterocycles. The first-order valence-electron chi connectivity index (χ1n) is 23.6. The van der Waals surface area contributed by atoms with Crippen LogP contribution in [-0.2, 0) is 47.5 Å². The predicted molar refractivity (Wildman–Crippen MR) is 250 cm³/mol. The van der Waals surface area contributed by atoms with E-state index in [-0.39, 0.29) is 36.8 Å². The third-order valence-corrected chi connectivity index (χ3v) is 16.4. The van der Waals surface area contributed by atoms with Crippen LogP contribution in [-0.4, -0.2) is 122 Å². The average Bonchev–Trinajstić information content (AvgIpc) is 3.98. The van der Waals surface area contributed by atoms with Gasteiger partial charge in [0, 0.05) is 90.9 Å². The third-order valence-electron chi connectivity index (χ3n) is 16.4. The monoisotopic (exact) mass is 881 g/mol. The van der Waals surface area contributed by atoms with Crippen LogP contribution >= 0.6 is 0 Å². The van der Waals surface area contributed by atoms with Crippen LogP contribution in [0.5, 0.6) is 5.75 Å². The first kappa shape index (κ1) is 43.5. The highest BCUT2D eigenvalue weighted by Gasteiger charge is 2.78. The molecule has 1 saturated carbocycles. The summed E-state index contributed by atoms with van der Waals surface area (Å²) in [4.78, 5) is 53.6. The maximum absolute atomic E-state index is 15.5. The number of hydrogen-bond acceptors (Lipinski definition) is 10. The highest BCUT2D eigenvalue weighted by Crippen LogP contribution is 2.68. The molecule has 1 aromatic heterocycles. The van der Waals surface area contributed by atoms with Gasteiger partial charge in [-0.2, -0.15) is 0 Å². The number of ether oxygens (including phenoxy) is 3. The minimum atomic E-state index is -1.78. The van der Waals surface area contributed by atoms with E-state index in [2.05, 4.69) is 87.4 Å². The zero-order valence-corrected chi connectivity index (χ0v) is 38.6. The Hall–Kier alpha value is -5.43. The Morgan fingerprint density at radius 1 is 0.985 bits per heavy atom. The number of esters is 2. The van der Waals surface area contributed by atoms with E-state index < -0.39 is 40.0 Å². The maximum atomic E-state index is 15.5. The number of H-pyrrole nitrogens is 1. The molecule has 65 heavy (non-hydrogen) atoms. The molecule has 3 N–H and O–H groups in total. The van der Waals surface area contributed by atoms with E-state index in [9.17, 15) is 14.7 Å². The Bertz CT molecular complexity index is 2610. The minimum absolute atomic E-state index is 0.0312. The number of hydrogen-bond donors (Lipinski definition) is 3. The van der Waals surface area contributed by atoms with Gasteiger partial charge >= 0.3 is 11.9 Å². The second-order valence-corrected chi connectivity index (χ2v) is 19.6. The van der Waals surface area contributed by atoms with E-state index in [1.165, 1.54) is 19.6 Å². The van der Waals surface area contributed by atoms with Crippen molar-refractivity contribution in [3.63, 3.8) is 0 Å². The smallest absolute Gasteiger partial charge is 0.322 e. The highest BCUT2D eigenvalue weighted by molar-refractivity contribution is 5.94. The van der Waals surface area contributed by atoms with Gasteiger partial charge in [0.25, 0.3) is 0 Å². The number of carbonyl (C=O) groups excluding carboxylic acids is 3. The fraction of sp³-hybridized carbons (Fsp3) is 0.491. The Kier molecular flexibility index (Phi) is 10.8. The summed E-state index contributed by atoms with van der Waals surface area (Å²) >= 11 is 0. The second kappa shape index (κ2) is 16.2. The molecule has 12 nitrogen and oxygen atoms in total. The van der Waals surface area contributed by atoms with Gasteiger partial charge in [-0.3, -0.25) is 24.2 Å². The van der Waals surface area contributed by atoms with Crippen LogP contribution in [0.25, 0.3) is 10.9 Å². The van der Waals surface area contributed by atoms with Gasteiger partial charge in [0.2, 0.25) is 5.91 Å². The average molecular weight is 882 g/mol. The van der Waals surface area contributed by atoms with Gasteiger partial charge in [0.1, 0.15) is 22.9 Å². The summed E-state index contributed by atoms with van der Waals surface area (Å²) in [6.07, 6.45) is 9.22. The first-order chi connectivity index (χ1) is 31.4. The molecule has 2 unspecified atom stereocenters. The van der Waals surface area contributed by atoms with Crippen molar-refractivity contribution in [1.29, 1.82) is 0 Å². The standard InChI is InChI=1S/C53H63N5O7/c1-7-34-25-36-29-52(49(61)64-6,45-38(19-23-57(30-34)31-36)37-17-12-13-18-41(37)55-45)40-27-39-42(28-43(40)63-5)56(4)47-51(39)21-24-58-22-14-20-50(8-2,46(51)58)48(65-33(3)59)53(47,62)32-54-44(60)26-35-15-10-9-11-16-35/h9-18,20,25,27-28,36,46-48,55,62H,7-8,19,21-24,26,29-32H2,1-6H3,(H,54,60)/t36-,46?,47+,48+,50+,51+,52-,53-/m0/s1. The van der Waals surface area contributed by atoms with E-state index >= 15 is 4.79 Å². The molecule has 1 amide bonds. The second-order valence-electron chi connectivity index (χ2n) is 19.6. The zero-order valence-electron chi connectivity index (χ0n) is 38.6. The van der Waals surface area contributed by atoms with Crippen LogP contribution in [0.1, 0.15) is 74.4 Å². The van der Waals surface area contributed by atoms with Crippen LogP contribution in [0.3, 0.4) is 0 Å². The summed E-state index contributed by atoms with van der Waals surface area (Å²) in [6, 6.07) is 21.3. The molecule has 9 atom stereocenters. The largest absolute Gasteiger partial charge is 0.496 e. The predicted octanol–water partition coefficient (Wildman–Crippen LogP) is 5.98. The van der Waals surface area contributed by atoms with Crippen LogP contribution in [0, 0.1) is 11.3 Å². The SMILES string of the molecule is CCC1=C[C@@H]2CN(CCc3c([nH]c4ccccc34)[C@@](C(=O)OC)(c3cc4c(cc3OC)N(C)[C@H]3[C@@](O)(CNC(=O)Cc5ccccc5)[C@H](OC(C)=O)[C@]5(CC)C=CCN6CC[C@]43C65)C2)C1. The summed E-state index contributed by atoms with van der Waals surface area (Å²) in [5, 5.41) is 18.2. The van der Waals surface area contributed by atoms with Gasteiger partial charge in [-0.1, -0.05) is 86.2 Å². The molecular weight excluding hydrogens is 819 g/mol. The topological polar surface area (TPSA) is 137 Å². The Morgan fingerprint density at radius 3 is 2.51 bits per heavy atom. The molecule has 6 aliphatic rings. The molecule has 0 radical (unpaired) electrons. The molecule has 12 heteroatoms. The number of amides is 1. The van der Waals surface area contributed by atoms with E-state index in [0.717, 1.165) is 83.6 Å². The number of benzene rings is 3. The number of para-hydroxylation sites is 1. The summed E-state index contributed by atoms with van der Waals surface area (Å²) < 4.78 is 19.0. The Morgan fingerprint density at radius 2 is 1.77 bits per heavy atom. The normalized spacial score (nSPS) is 32.2. The number of nitrogens with one attached hydrogen (secondary N) is 2. The highest BCUT2D eigenvalue weighted by atomic mass is 16.6. The number of aromatic nitrogens is 1. The van der Waals surface area contributed by atoms with E-state index in [1.807, 2.05) is 43.4 Å². The zero-order chi connectivity index (χ0) is 45.5. The molecule has 4 aromatic rings. The van der Waals surface area contributed by atoms with Crippen LogP contribution in [0.2, 0.25) is 0 Å². The van der Waals surface area contributed by atoms with Crippen molar-refractivity contribution in [2.45, 2.75) is 93.9 Å². The van der Waals surface area contributed by atoms with Crippen molar-refractivity contribution in [1.82, 2.24) is 20.1 Å². The molecule has 1 aliphatic carbocycles. The van der Waals surface area contributed by atoms with Crippen LogP contribution in [0.15, 0.2) is 90.5 Å². The number of carbonyl (C=O) groups is 3. The Labute approximate surface area is 382 Å². The molecule has 342 valence electrons. The fourth-order valence-corrected chi connectivity index (χ4v) is 14.1. The number of aliphatic hydroxyl groups is 1. The Balaban J connectivity index is 1.22. The number of aromatic amines is 1. The van der Waals surface area contributed by atoms with E-state index in [0.29, 0.717) is 31.6 Å². The number of nitrogens with zero attached hydrogens (tertiary/aromatic N) is 3. The molecule has 3 aromatic carbocycles. The lowest BCUT2D eigenvalue weighted by Gasteiger charge is -2.64. The number of fused-ring (bicyclic) bond motifs is 6. The van der Waals surface area contributed by atoms with E-state index in [4.69, 9.17) is 14.2 Å². The third kappa shape index (κ3) is 6.37. The molecule has 5 aliphatic heterocycles. The van der Waals surface area contributed by atoms with Gasteiger partial charge < -0.3 is 34.5 Å². The molecule has 1 spiro atoms. The molecule has 1 saturated heterocycles. The molecule has 2 fully saturated rings. The quantitative estimate of drug-likeness (QED) is 0.129. The number of methoxy groups -OCH3 is 2.